The molecular weight excluding hydrogens is 445 g/mol. The van der Waals surface area contributed by atoms with Crippen molar-refractivity contribution in [3.8, 4) is 0 Å². The van der Waals surface area contributed by atoms with Gasteiger partial charge in [0.2, 0.25) is 5.91 Å². The first-order chi connectivity index (χ1) is 17.0. The van der Waals surface area contributed by atoms with Gasteiger partial charge in [0.1, 0.15) is 6.04 Å². The van der Waals surface area contributed by atoms with Crippen LogP contribution in [0.3, 0.4) is 0 Å². The summed E-state index contributed by atoms with van der Waals surface area (Å²) in [5.41, 5.74) is 1.77. The molecule has 0 bridgehead atoms. The highest BCUT2D eigenvalue weighted by atomic mass is 16.5. The van der Waals surface area contributed by atoms with Gasteiger partial charge >= 0.3 is 13.1 Å². The molecule has 0 aliphatic carbocycles. The molecular formula is C26H30BN3O5. The van der Waals surface area contributed by atoms with Gasteiger partial charge in [-0.2, -0.15) is 0 Å². The van der Waals surface area contributed by atoms with E-state index in [4.69, 9.17) is 4.74 Å². The van der Waals surface area contributed by atoms with E-state index in [2.05, 4.69) is 10.6 Å². The highest BCUT2D eigenvalue weighted by Crippen LogP contribution is 2.20. The molecule has 3 aromatic rings. The van der Waals surface area contributed by atoms with Crippen LogP contribution in [0, 0.1) is 0 Å². The Bertz CT molecular complexity index is 1130. The lowest BCUT2D eigenvalue weighted by atomic mass is 9.75. The molecule has 0 radical (unpaired) electrons. The number of hydrogen-bond acceptors (Lipinski definition) is 5. The van der Waals surface area contributed by atoms with Crippen LogP contribution < -0.4 is 10.6 Å². The van der Waals surface area contributed by atoms with Gasteiger partial charge in [0.25, 0.3) is 0 Å². The molecule has 0 aromatic heterocycles. The molecule has 3 aromatic carbocycles. The molecule has 8 nitrogen and oxygen atoms in total. The van der Waals surface area contributed by atoms with Crippen molar-refractivity contribution in [3.05, 3.63) is 83.9 Å². The number of benzene rings is 3. The number of hydrogen-bond donors (Lipinski definition) is 4. The van der Waals surface area contributed by atoms with Crippen molar-refractivity contribution in [3.63, 3.8) is 0 Å². The molecule has 3 amide bonds. The fourth-order valence-electron chi connectivity index (χ4n) is 4.29. The quantitative estimate of drug-likeness (QED) is 0.370. The first kappa shape index (κ1) is 24.7. The van der Waals surface area contributed by atoms with Crippen LogP contribution in [-0.4, -0.2) is 72.3 Å². The van der Waals surface area contributed by atoms with E-state index in [1.165, 1.54) is 0 Å². The Balaban J connectivity index is 1.55. The monoisotopic (exact) mass is 475 g/mol. The zero-order valence-corrected chi connectivity index (χ0v) is 19.5. The number of nitrogens with zero attached hydrogens (tertiary/aromatic N) is 1. The number of rotatable bonds is 8. The summed E-state index contributed by atoms with van der Waals surface area (Å²) in [4.78, 5) is 28.0. The minimum Gasteiger partial charge on any atom is -0.426 e. The van der Waals surface area contributed by atoms with Crippen LogP contribution >= 0.6 is 0 Å². The second-order valence-corrected chi connectivity index (χ2v) is 8.66. The predicted molar refractivity (Wildman–Crippen MR) is 135 cm³/mol. The van der Waals surface area contributed by atoms with Crippen LogP contribution in [0.5, 0.6) is 0 Å². The maximum atomic E-state index is 13.4. The Morgan fingerprint density at radius 1 is 0.886 bits per heavy atom. The van der Waals surface area contributed by atoms with E-state index in [0.717, 1.165) is 21.9 Å². The smallest absolute Gasteiger partial charge is 0.426 e. The van der Waals surface area contributed by atoms with Crippen LogP contribution in [0.1, 0.15) is 11.1 Å². The van der Waals surface area contributed by atoms with E-state index in [-0.39, 0.29) is 18.9 Å². The number of ether oxygens (including phenoxy) is 1. The Morgan fingerprint density at radius 2 is 1.57 bits per heavy atom. The molecule has 0 saturated carbocycles. The number of amides is 3. The fourth-order valence-corrected chi connectivity index (χ4v) is 4.29. The summed E-state index contributed by atoms with van der Waals surface area (Å²) in [6.07, 6.45) is 0.492. The summed E-state index contributed by atoms with van der Waals surface area (Å²) < 4.78 is 5.33. The third-order valence-electron chi connectivity index (χ3n) is 6.20. The average molecular weight is 475 g/mol. The topological polar surface area (TPSA) is 111 Å². The van der Waals surface area contributed by atoms with E-state index >= 15 is 0 Å². The third kappa shape index (κ3) is 6.60. The maximum absolute atomic E-state index is 13.4. The van der Waals surface area contributed by atoms with Crippen LogP contribution in [0.15, 0.2) is 72.8 Å². The van der Waals surface area contributed by atoms with E-state index in [0.29, 0.717) is 26.3 Å². The largest absolute Gasteiger partial charge is 0.475 e. The molecule has 35 heavy (non-hydrogen) atoms. The first-order valence-corrected chi connectivity index (χ1v) is 11.8. The second kappa shape index (κ2) is 11.8. The molecule has 9 heteroatoms. The minimum atomic E-state index is -1.76. The van der Waals surface area contributed by atoms with Gasteiger partial charge in [-0.05, 0) is 28.3 Å². The van der Waals surface area contributed by atoms with Gasteiger partial charge in [0.15, 0.2) is 0 Å². The highest BCUT2D eigenvalue weighted by molar-refractivity contribution is 6.43. The molecule has 4 N–H and O–H groups in total. The third-order valence-corrected chi connectivity index (χ3v) is 6.20. The van der Waals surface area contributed by atoms with Gasteiger partial charge < -0.3 is 30.3 Å². The predicted octanol–water partition coefficient (Wildman–Crippen LogP) is 1.53. The fraction of sp³-hybridized carbons (Fsp3) is 0.308. The van der Waals surface area contributed by atoms with Crippen molar-refractivity contribution >= 4 is 29.8 Å². The Hall–Kier alpha value is -3.40. The van der Waals surface area contributed by atoms with Crippen LogP contribution in [0.4, 0.5) is 4.79 Å². The maximum Gasteiger partial charge on any atom is 0.475 e. The molecule has 1 saturated heterocycles. The SMILES string of the molecule is O=C(NC(Cc1ccccc1)B(O)O)C(Cc1cccc2ccccc12)NC(=O)N1CCOCC1. The van der Waals surface area contributed by atoms with Gasteiger partial charge in [-0.15, -0.1) is 0 Å². The number of fused-ring (bicyclic) bond motifs is 1. The Labute approximate surface area is 205 Å². The molecule has 1 aliphatic heterocycles. The summed E-state index contributed by atoms with van der Waals surface area (Å²) >= 11 is 0. The van der Waals surface area contributed by atoms with Crippen molar-refractivity contribution in [1.29, 1.82) is 0 Å². The van der Waals surface area contributed by atoms with E-state index < -0.39 is 25.0 Å². The van der Waals surface area contributed by atoms with Gasteiger partial charge in [-0.3, -0.25) is 4.79 Å². The van der Waals surface area contributed by atoms with Crippen LogP contribution in [0.2, 0.25) is 0 Å². The number of urea groups is 1. The van der Waals surface area contributed by atoms with E-state index in [9.17, 15) is 19.6 Å². The van der Waals surface area contributed by atoms with E-state index in [1.54, 1.807) is 4.90 Å². The second-order valence-electron chi connectivity index (χ2n) is 8.66. The lowest BCUT2D eigenvalue weighted by Gasteiger charge is -2.30. The average Bonchev–Trinajstić information content (AvgIpc) is 2.89. The lowest BCUT2D eigenvalue weighted by molar-refractivity contribution is -0.123. The summed E-state index contributed by atoms with van der Waals surface area (Å²) in [6, 6.07) is 21.8. The minimum absolute atomic E-state index is 0.239. The van der Waals surface area contributed by atoms with E-state index in [1.807, 2.05) is 72.8 Å². The molecule has 182 valence electrons. The van der Waals surface area contributed by atoms with Crippen molar-refractivity contribution in [1.82, 2.24) is 15.5 Å². The molecule has 2 atom stereocenters. The molecule has 1 fully saturated rings. The molecule has 4 rings (SSSR count). The molecule has 1 heterocycles. The van der Waals surface area contributed by atoms with Gasteiger partial charge in [0, 0.05) is 19.5 Å². The van der Waals surface area contributed by atoms with Gasteiger partial charge in [-0.25, -0.2) is 4.79 Å². The molecule has 0 spiro atoms. The number of carbonyl (C=O) groups excluding carboxylic acids is 2. The zero-order valence-electron chi connectivity index (χ0n) is 19.5. The first-order valence-electron chi connectivity index (χ1n) is 11.8. The van der Waals surface area contributed by atoms with Gasteiger partial charge in [-0.1, -0.05) is 72.8 Å². The van der Waals surface area contributed by atoms with Crippen LogP contribution in [0.25, 0.3) is 10.8 Å². The summed E-state index contributed by atoms with van der Waals surface area (Å²) in [5.74, 6) is -1.41. The highest BCUT2D eigenvalue weighted by Gasteiger charge is 2.31. The van der Waals surface area contributed by atoms with Crippen molar-refractivity contribution in [2.24, 2.45) is 0 Å². The van der Waals surface area contributed by atoms with Crippen molar-refractivity contribution < 1.29 is 24.4 Å². The Kier molecular flexibility index (Phi) is 8.36. The Morgan fingerprint density at radius 3 is 2.31 bits per heavy atom. The van der Waals surface area contributed by atoms with Crippen molar-refractivity contribution in [2.75, 3.05) is 26.3 Å². The standard InChI is InChI=1S/C26H30BN3O5/c31-25(29-24(27(33)34)17-19-7-2-1-3-8-19)23(28-26(32)30-13-15-35-16-14-30)18-21-11-6-10-20-9-4-5-12-22(20)21/h1-12,23-24,33-34H,13-18H2,(H,28,32)(H,29,31). The summed E-state index contributed by atoms with van der Waals surface area (Å²) in [6.45, 7) is 1.79. The summed E-state index contributed by atoms with van der Waals surface area (Å²) in [7, 11) is -1.76. The number of nitrogens with one attached hydrogen (secondary N) is 2. The zero-order chi connectivity index (χ0) is 24.6. The molecule has 2 unspecified atom stereocenters. The van der Waals surface area contributed by atoms with Crippen molar-refractivity contribution in [2.45, 2.75) is 24.8 Å². The number of carbonyl (C=O) groups is 2. The number of morpholine rings is 1. The lowest BCUT2D eigenvalue weighted by Crippen LogP contribution is -2.57. The van der Waals surface area contributed by atoms with Gasteiger partial charge in [0.05, 0.1) is 19.2 Å². The van der Waals surface area contributed by atoms with Crippen LogP contribution in [-0.2, 0) is 22.4 Å². The normalized spacial score (nSPS) is 15.3. The summed E-state index contributed by atoms with van der Waals surface area (Å²) in [5, 5.41) is 27.5. The molecule has 1 aliphatic rings.